The van der Waals surface area contributed by atoms with E-state index in [1.807, 2.05) is 0 Å². The molecule has 0 aliphatic carbocycles. The predicted molar refractivity (Wildman–Crippen MR) is 50.7 cm³/mol. The molecule has 0 fully saturated rings. The van der Waals surface area contributed by atoms with E-state index in [4.69, 9.17) is 14.0 Å². The fourth-order valence-electron chi connectivity index (χ4n) is 0.826. The molecule has 1 N–H and O–H groups in total. The van der Waals surface area contributed by atoms with Gasteiger partial charge < -0.3 is 9.47 Å². The highest BCUT2D eigenvalue weighted by Crippen LogP contribution is 2.15. The lowest BCUT2D eigenvalue weighted by molar-refractivity contribution is 0.281. The van der Waals surface area contributed by atoms with Gasteiger partial charge in [0.2, 0.25) is 11.8 Å². The topological polar surface area (TPSA) is 90.8 Å². The average Bonchev–Trinajstić information content (AvgIpc) is 2.25. The second-order valence-electron chi connectivity index (χ2n) is 2.35. The zero-order valence-electron chi connectivity index (χ0n) is 8.17. The molecule has 0 amide bonds. The third kappa shape index (κ3) is 3.78. The van der Waals surface area contributed by atoms with Crippen molar-refractivity contribution >= 4 is 11.4 Å². The molecule has 84 valence electrons. The van der Waals surface area contributed by atoms with Crippen LogP contribution in [-0.2, 0) is 22.2 Å². The monoisotopic (exact) mass is 234 g/mol. The summed E-state index contributed by atoms with van der Waals surface area (Å²) < 4.78 is 32.8. The van der Waals surface area contributed by atoms with Crippen LogP contribution >= 0.6 is 0 Å². The molecule has 7 nitrogen and oxygen atoms in total. The number of ether oxygens (including phenoxy) is 2. The number of rotatable bonds is 5. The van der Waals surface area contributed by atoms with Gasteiger partial charge >= 0.3 is 11.4 Å². The summed E-state index contributed by atoms with van der Waals surface area (Å²) in [6.45, 7) is -0.198. The second-order valence-corrected chi connectivity index (χ2v) is 3.02. The van der Waals surface area contributed by atoms with E-state index in [0.717, 1.165) is 0 Å². The Morgan fingerprint density at radius 1 is 1.33 bits per heavy atom. The molecular weight excluding hydrogens is 224 g/mol. The third-order valence-corrected chi connectivity index (χ3v) is 1.75. The molecular formula is C7H10N2O5S. The molecule has 1 aromatic heterocycles. The Kier molecular flexibility index (Phi) is 4.40. The normalized spacial score (nSPS) is 12.2. The van der Waals surface area contributed by atoms with Crippen molar-refractivity contribution in [2.75, 3.05) is 14.2 Å². The molecule has 8 heteroatoms. The molecule has 0 spiro atoms. The summed E-state index contributed by atoms with van der Waals surface area (Å²) in [5, 5.41) is 0. The lowest BCUT2D eigenvalue weighted by atomic mass is 10.5. The smallest absolute Gasteiger partial charge is 0.302 e. The van der Waals surface area contributed by atoms with Gasteiger partial charge in [-0.15, -0.1) is 0 Å². The summed E-state index contributed by atoms with van der Waals surface area (Å²) in [6.07, 6.45) is 0. The van der Waals surface area contributed by atoms with Crippen molar-refractivity contribution in [1.29, 1.82) is 0 Å². The fourth-order valence-corrected chi connectivity index (χ4v) is 1.03. The van der Waals surface area contributed by atoms with Crippen molar-refractivity contribution in [2.24, 2.45) is 0 Å². The van der Waals surface area contributed by atoms with Crippen LogP contribution < -0.4 is 9.47 Å². The van der Waals surface area contributed by atoms with Crippen LogP contribution in [0, 0.1) is 0 Å². The Morgan fingerprint density at radius 3 is 2.27 bits per heavy atom. The van der Waals surface area contributed by atoms with E-state index >= 15 is 0 Å². The standard InChI is InChI=1S/C7H10N2O5S/c1-12-6-3-7(13-2)9-5(8-6)4-14-15(10)11/h3H,4H2,1-2H3,(H,10,11). The van der Waals surface area contributed by atoms with Crippen molar-refractivity contribution in [3.8, 4) is 11.8 Å². The molecule has 0 saturated carbocycles. The first-order valence-electron chi connectivity index (χ1n) is 3.85. The lowest BCUT2D eigenvalue weighted by Gasteiger charge is -2.05. The van der Waals surface area contributed by atoms with Crippen LogP contribution in [0.3, 0.4) is 0 Å². The average molecular weight is 234 g/mol. The summed E-state index contributed by atoms with van der Waals surface area (Å²) in [4.78, 5) is 7.78. The Bertz CT molecular complexity index is 337. The molecule has 0 aliphatic heterocycles. The zero-order chi connectivity index (χ0) is 11.3. The molecule has 0 bridgehead atoms. The molecule has 1 aromatic rings. The van der Waals surface area contributed by atoms with E-state index in [-0.39, 0.29) is 12.4 Å². The quantitative estimate of drug-likeness (QED) is 0.725. The molecule has 0 radical (unpaired) electrons. The van der Waals surface area contributed by atoms with E-state index in [9.17, 15) is 4.21 Å². The van der Waals surface area contributed by atoms with Crippen LogP contribution in [0.2, 0.25) is 0 Å². The maximum atomic E-state index is 10.3. The number of hydrogen-bond donors (Lipinski definition) is 1. The highest BCUT2D eigenvalue weighted by atomic mass is 32.2. The van der Waals surface area contributed by atoms with Gasteiger partial charge in [-0.05, 0) is 0 Å². The van der Waals surface area contributed by atoms with Gasteiger partial charge in [0.25, 0.3) is 0 Å². The van der Waals surface area contributed by atoms with E-state index in [2.05, 4.69) is 14.2 Å². The number of aromatic nitrogens is 2. The maximum absolute atomic E-state index is 10.3. The summed E-state index contributed by atoms with van der Waals surface area (Å²) in [7, 11) is 2.88. The van der Waals surface area contributed by atoms with Crippen molar-refractivity contribution < 1.29 is 22.4 Å². The minimum atomic E-state index is -2.34. The Hall–Kier alpha value is -1.25. The third-order valence-electron chi connectivity index (χ3n) is 1.43. The van der Waals surface area contributed by atoms with Crippen molar-refractivity contribution in [1.82, 2.24) is 9.97 Å². The Labute approximate surface area is 88.9 Å². The molecule has 0 aliphatic rings. The van der Waals surface area contributed by atoms with Crippen molar-refractivity contribution in [3.05, 3.63) is 11.9 Å². The summed E-state index contributed by atoms with van der Waals surface area (Å²) in [6, 6.07) is 1.49. The lowest BCUT2D eigenvalue weighted by Crippen LogP contribution is -2.03. The minimum Gasteiger partial charge on any atom is -0.481 e. The minimum absolute atomic E-state index is 0.198. The molecule has 15 heavy (non-hydrogen) atoms. The van der Waals surface area contributed by atoms with E-state index < -0.39 is 11.4 Å². The molecule has 0 saturated heterocycles. The van der Waals surface area contributed by atoms with Crippen molar-refractivity contribution in [3.63, 3.8) is 0 Å². The van der Waals surface area contributed by atoms with Gasteiger partial charge in [0.1, 0.15) is 6.61 Å². The Morgan fingerprint density at radius 2 is 1.87 bits per heavy atom. The molecule has 1 unspecified atom stereocenters. The summed E-state index contributed by atoms with van der Waals surface area (Å²) in [5.41, 5.74) is 0. The van der Waals surface area contributed by atoms with E-state index in [1.165, 1.54) is 20.3 Å². The molecule has 0 aromatic carbocycles. The highest BCUT2D eigenvalue weighted by Gasteiger charge is 2.06. The van der Waals surface area contributed by atoms with Gasteiger partial charge in [0, 0.05) is 0 Å². The van der Waals surface area contributed by atoms with Crippen LogP contribution in [0.4, 0.5) is 0 Å². The second kappa shape index (κ2) is 5.59. The van der Waals surface area contributed by atoms with Gasteiger partial charge in [-0.1, -0.05) is 0 Å². The van der Waals surface area contributed by atoms with Crippen LogP contribution in [0.1, 0.15) is 5.82 Å². The molecule has 1 heterocycles. The first kappa shape index (κ1) is 11.8. The first-order valence-corrected chi connectivity index (χ1v) is 4.89. The van der Waals surface area contributed by atoms with Gasteiger partial charge in [-0.3, -0.25) is 8.74 Å². The van der Waals surface area contributed by atoms with Crippen LogP contribution in [0.25, 0.3) is 0 Å². The summed E-state index contributed by atoms with van der Waals surface area (Å²) >= 11 is -2.34. The van der Waals surface area contributed by atoms with Gasteiger partial charge in [-0.25, -0.2) is 0 Å². The van der Waals surface area contributed by atoms with Gasteiger partial charge in [-0.2, -0.15) is 14.2 Å². The largest absolute Gasteiger partial charge is 0.481 e. The SMILES string of the molecule is COc1cc(OC)nc(COS(=O)O)n1. The maximum Gasteiger partial charge on any atom is 0.302 e. The predicted octanol–water partition coefficient (Wildman–Crippen LogP) is 0.147. The van der Waals surface area contributed by atoms with Gasteiger partial charge in [0.15, 0.2) is 5.82 Å². The fraction of sp³-hybridized carbons (Fsp3) is 0.429. The van der Waals surface area contributed by atoms with E-state index in [0.29, 0.717) is 11.8 Å². The number of methoxy groups -OCH3 is 2. The molecule has 1 rings (SSSR count). The first-order chi connectivity index (χ1) is 7.15. The number of hydrogen-bond acceptors (Lipinski definition) is 6. The highest BCUT2D eigenvalue weighted by molar-refractivity contribution is 7.74. The van der Waals surface area contributed by atoms with Crippen LogP contribution in [-0.4, -0.2) is 32.9 Å². The molecule has 1 atom stereocenters. The number of nitrogens with zero attached hydrogens (tertiary/aromatic N) is 2. The van der Waals surface area contributed by atoms with Crippen molar-refractivity contribution in [2.45, 2.75) is 6.61 Å². The van der Waals surface area contributed by atoms with Crippen LogP contribution in [0.15, 0.2) is 6.07 Å². The van der Waals surface area contributed by atoms with Crippen LogP contribution in [0.5, 0.6) is 11.8 Å². The van der Waals surface area contributed by atoms with E-state index in [1.54, 1.807) is 0 Å². The Balaban J connectivity index is 2.81. The zero-order valence-corrected chi connectivity index (χ0v) is 8.98. The van der Waals surface area contributed by atoms with Gasteiger partial charge in [0.05, 0.1) is 20.3 Å². The summed E-state index contributed by atoms with van der Waals surface area (Å²) in [5.74, 6) is 0.793.